The first kappa shape index (κ1) is 15.0. The minimum absolute atomic E-state index is 0.0365. The molecule has 0 aliphatic carbocycles. The second kappa shape index (κ2) is 6.76. The molecule has 102 valence electrons. The molecule has 0 spiro atoms. The lowest BCUT2D eigenvalue weighted by Crippen LogP contribution is -2.48. The Hall–Kier alpha value is -1.06. The van der Waals surface area contributed by atoms with Gasteiger partial charge in [-0.05, 0) is 6.42 Å². The average Bonchev–Trinajstić information content (AvgIpc) is 2.27. The van der Waals surface area contributed by atoms with Crippen LogP contribution in [0.5, 0.6) is 0 Å². The first-order valence-electron chi connectivity index (χ1n) is 6.13. The van der Waals surface area contributed by atoms with Crippen LogP contribution < -0.4 is 5.32 Å². The Labute approximate surface area is 109 Å². The Kier molecular flexibility index (Phi) is 5.63. The second-order valence-electron chi connectivity index (χ2n) is 4.49. The van der Waals surface area contributed by atoms with Crippen molar-refractivity contribution in [2.24, 2.45) is 0 Å². The van der Waals surface area contributed by atoms with Crippen molar-refractivity contribution in [3.8, 4) is 12.3 Å². The quantitative estimate of drug-likeness (QED) is 0.694. The molecule has 0 aromatic rings. The predicted octanol–water partition coefficient (Wildman–Crippen LogP) is -0.365. The van der Waals surface area contributed by atoms with Gasteiger partial charge in [0, 0.05) is 25.6 Å². The molecular formula is C12H20N2O3S. The summed E-state index contributed by atoms with van der Waals surface area (Å²) in [4.78, 5) is 13.6. The smallest absolute Gasteiger partial charge is 0.224 e. The summed E-state index contributed by atoms with van der Waals surface area (Å²) in [6.45, 7) is 3.29. The number of sulfone groups is 1. The lowest BCUT2D eigenvalue weighted by Gasteiger charge is -2.26. The molecular weight excluding hydrogens is 252 g/mol. The number of carbonyl (C=O) groups excluding carboxylic acids is 1. The molecule has 18 heavy (non-hydrogen) atoms. The monoisotopic (exact) mass is 272 g/mol. The van der Waals surface area contributed by atoms with Gasteiger partial charge in [-0.1, -0.05) is 12.8 Å². The van der Waals surface area contributed by atoms with E-state index >= 15 is 0 Å². The maximum Gasteiger partial charge on any atom is 0.224 e. The van der Waals surface area contributed by atoms with Gasteiger partial charge in [-0.2, -0.15) is 0 Å². The zero-order valence-electron chi connectivity index (χ0n) is 10.7. The van der Waals surface area contributed by atoms with Crippen molar-refractivity contribution in [2.75, 3.05) is 31.1 Å². The number of terminal acetylenes is 1. The molecule has 1 heterocycles. The zero-order valence-corrected chi connectivity index (χ0v) is 11.5. The van der Waals surface area contributed by atoms with Crippen molar-refractivity contribution in [3.05, 3.63) is 0 Å². The molecule has 1 aliphatic heterocycles. The number of nitrogens with one attached hydrogen (secondary N) is 1. The summed E-state index contributed by atoms with van der Waals surface area (Å²) in [7, 11) is -3.00. The van der Waals surface area contributed by atoms with Gasteiger partial charge >= 0.3 is 0 Å². The van der Waals surface area contributed by atoms with Crippen LogP contribution in [0.25, 0.3) is 0 Å². The van der Waals surface area contributed by atoms with E-state index in [4.69, 9.17) is 6.42 Å². The summed E-state index contributed by atoms with van der Waals surface area (Å²) in [5.74, 6) is 2.56. The van der Waals surface area contributed by atoms with Crippen LogP contribution >= 0.6 is 0 Å². The van der Waals surface area contributed by atoms with E-state index < -0.39 is 9.84 Å². The Morgan fingerprint density at radius 3 is 2.83 bits per heavy atom. The van der Waals surface area contributed by atoms with Crippen LogP contribution in [0.15, 0.2) is 0 Å². The lowest BCUT2D eigenvalue weighted by atomic mass is 10.2. The topological polar surface area (TPSA) is 66.5 Å². The molecule has 0 aromatic heterocycles. The highest BCUT2D eigenvalue weighted by Gasteiger charge is 2.27. The van der Waals surface area contributed by atoms with Crippen LogP contribution in [0.4, 0.5) is 0 Å². The van der Waals surface area contributed by atoms with Crippen LogP contribution in [0, 0.1) is 12.3 Å². The van der Waals surface area contributed by atoms with Crippen molar-refractivity contribution in [3.63, 3.8) is 0 Å². The predicted molar refractivity (Wildman–Crippen MR) is 70.8 cm³/mol. The van der Waals surface area contributed by atoms with Crippen molar-refractivity contribution in [2.45, 2.75) is 25.8 Å². The molecule has 0 bridgehead atoms. The number of hydrogen-bond acceptors (Lipinski definition) is 4. The first-order valence-corrected chi connectivity index (χ1v) is 7.95. The molecule has 1 unspecified atom stereocenters. The molecule has 1 fully saturated rings. The standard InChI is InChI=1S/C12H20N2O3S/c1-3-6-14(7-4-2)12(15)9-11-10-18(16,17)8-5-13-11/h1,11,13H,4-10H2,2H3. The molecule has 1 saturated heterocycles. The maximum atomic E-state index is 12.0. The molecule has 1 atom stereocenters. The van der Waals surface area contributed by atoms with E-state index in [2.05, 4.69) is 11.2 Å². The van der Waals surface area contributed by atoms with E-state index in [1.54, 1.807) is 4.90 Å². The van der Waals surface area contributed by atoms with Gasteiger partial charge in [0.05, 0.1) is 18.1 Å². The van der Waals surface area contributed by atoms with Crippen LogP contribution in [0.3, 0.4) is 0 Å². The summed E-state index contributed by atoms with van der Waals surface area (Å²) in [6, 6.07) is -0.284. The molecule has 1 aliphatic rings. The van der Waals surface area contributed by atoms with Gasteiger partial charge in [0.25, 0.3) is 0 Å². The third kappa shape index (κ3) is 4.67. The Bertz CT molecular complexity index is 425. The van der Waals surface area contributed by atoms with Crippen LogP contribution in [0.2, 0.25) is 0 Å². The van der Waals surface area contributed by atoms with Crippen LogP contribution in [0.1, 0.15) is 19.8 Å². The second-order valence-corrected chi connectivity index (χ2v) is 6.72. The van der Waals surface area contributed by atoms with Gasteiger partial charge in [-0.15, -0.1) is 6.42 Å². The highest BCUT2D eigenvalue weighted by molar-refractivity contribution is 7.91. The zero-order chi connectivity index (χ0) is 13.6. The van der Waals surface area contributed by atoms with Gasteiger partial charge in [-0.3, -0.25) is 4.79 Å². The van der Waals surface area contributed by atoms with E-state index in [0.29, 0.717) is 13.1 Å². The van der Waals surface area contributed by atoms with E-state index in [-0.39, 0.29) is 36.4 Å². The normalized spacial score (nSPS) is 22.1. The van der Waals surface area contributed by atoms with E-state index in [1.807, 2.05) is 6.92 Å². The Morgan fingerprint density at radius 2 is 2.28 bits per heavy atom. The Morgan fingerprint density at radius 1 is 1.56 bits per heavy atom. The number of hydrogen-bond donors (Lipinski definition) is 1. The SMILES string of the molecule is C#CCN(CCC)C(=O)CC1CS(=O)(=O)CCN1. The largest absolute Gasteiger partial charge is 0.332 e. The Balaban J connectivity index is 2.55. The fourth-order valence-corrected chi connectivity index (χ4v) is 3.45. The van der Waals surface area contributed by atoms with Crippen molar-refractivity contribution in [1.82, 2.24) is 10.2 Å². The molecule has 1 rings (SSSR count). The van der Waals surface area contributed by atoms with Crippen LogP contribution in [-0.2, 0) is 14.6 Å². The molecule has 0 saturated carbocycles. The average molecular weight is 272 g/mol. The fraction of sp³-hybridized carbons (Fsp3) is 0.750. The molecule has 1 amide bonds. The summed E-state index contributed by atoms with van der Waals surface area (Å²) in [5.41, 5.74) is 0. The third-order valence-electron chi connectivity index (χ3n) is 2.85. The van der Waals surface area contributed by atoms with E-state index in [0.717, 1.165) is 6.42 Å². The molecule has 1 N–H and O–H groups in total. The highest BCUT2D eigenvalue weighted by Crippen LogP contribution is 2.07. The van der Waals surface area contributed by atoms with Gasteiger partial charge in [0.15, 0.2) is 9.84 Å². The minimum Gasteiger partial charge on any atom is -0.332 e. The van der Waals surface area contributed by atoms with Gasteiger partial charge in [0.1, 0.15) is 0 Å². The number of rotatable bonds is 5. The van der Waals surface area contributed by atoms with Gasteiger partial charge in [-0.25, -0.2) is 8.42 Å². The summed E-state index contributed by atoms with van der Waals surface area (Å²) in [6.07, 6.45) is 6.25. The van der Waals surface area contributed by atoms with E-state index in [9.17, 15) is 13.2 Å². The molecule has 0 radical (unpaired) electrons. The third-order valence-corrected chi connectivity index (χ3v) is 4.59. The molecule has 0 aromatic carbocycles. The van der Waals surface area contributed by atoms with E-state index in [1.165, 1.54) is 0 Å². The maximum absolute atomic E-state index is 12.0. The summed E-state index contributed by atoms with van der Waals surface area (Å²) < 4.78 is 22.9. The van der Waals surface area contributed by atoms with Gasteiger partial charge in [0.2, 0.25) is 5.91 Å². The highest BCUT2D eigenvalue weighted by atomic mass is 32.2. The number of amides is 1. The molecule has 5 nitrogen and oxygen atoms in total. The molecule has 6 heteroatoms. The number of nitrogens with zero attached hydrogens (tertiary/aromatic N) is 1. The summed E-state index contributed by atoms with van der Waals surface area (Å²) >= 11 is 0. The fourth-order valence-electron chi connectivity index (χ4n) is 2.01. The number of carbonyl (C=O) groups is 1. The van der Waals surface area contributed by atoms with Crippen molar-refractivity contribution < 1.29 is 13.2 Å². The summed E-state index contributed by atoms with van der Waals surface area (Å²) in [5, 5.41) is 3.07. The first-order chi connectivity index (χ1) is 8.48. The van der Waals surface area contributed by atoms with Crippen molar-refractivity contribution in [1.29, 1.82) is 0 Å². The van der Waals surface area contributed by atoms with Crippen LogP contribution in [-0.4, -0.2) is 56.4 Å². The van der Waals surface area contributed by atoms with Crippen molar-refractivity contribution >= 4 is 15.7 Å². The lowest BCUT2D eigenvalue weighted by molar-refractivity contribution is -0.131. The van der Waals surface area contributed by atoms with Gasteiger partial charge < -0.3 is 10.2 Å². The minimum atomic E-state index is -3.00.